The van der Waals surface area contributed by atoms with Gasteiger partial charge in [0, 0.05) is 13.6 Å². The molecular weight excluding hydrogens is 280 g/mol. The number of likely N-dealkylation sites (N-methyl/N-ethyl adjacent to an activating group) is 1. The molecule has 2 aliphatic carbocycles. The molecule has 2 fully saturated rings. The molecular formula is C17H24N2O3. The molecule has 0 aliphatic heterocycles. The molecule has 2 aliphatic rings. The summed E-state index contributed by atoms with van der Waals surface area (Å²) in [4.78, 5) is 13.8. The lowest BCUT2D eigenvalue weighted by Crippen LogP contribution is -2.38. The fraction of sp³-hybridized carbons (Fsp3) is 0.588. The van der Waals surface area contributed by atoms with Crippen LogP contribution >= 0.6 is 0 Å². The van der Waals surface area contributed by atoms with Gasteiger partial charge in [0.15, 0.2) is 0 Å². The summed E-state index contributed by atoms with van der Waals surface area (Å²) in [5, 5.41) is 12.8. The molecule has 1 unspecified atom stereocenters. The Bertz CT molecular complexity index is 526. The van der Waals surface area contributed by atoms with E-state index in [-0.39, 0.29) is 6.03 Å². The van der Waals surface area contributed by atoms with Crippen molar-refractivity contribution in [1.29, 1.82) is 0 Å². The summed E-state index contributed by atoms with van der Waals surface area (Å²) < 4.78 is 5.79. The predicted molar refractivity (Wildman–Crippen MR) is 85.0 cm³/mol. The highest BCUT2D eigenvalue weighted by atomic mass is 16.5. The number of benzene rings is 1. The van der Waals surface area contributed by atoms with E-state index in [0.29, 0.717) is 36.4 Å². The summed E-state index contributed by atoms with van der Waals surface area (Å²) in [6.45, 7) is 1.07. The number of ether oxygens (including phenoxy) is 1. The quantitative estimate of drug-likeness (QED) is 0.814. The molecule has 3 rings (SSSR count). The molecule has 2 saturated carbocycles. The van der Waals surface area contributed by atoms with E-state index >= 15 is 0 Å². The van der Waals surface area contributed by atoms with Crippen LogP contribution in [0.15, 0.2) is 24.3 Å². The predicted octanol–water partition coefficient (Wildman–Crippen LogP) is 2.71. The van der Waals surface area contributed by atoms with Crippen LogP contribution in [0, 0.1) is 11.8 Å². The summed E-state index contributed by atoms with van der Waals surface area (Å²) in [7, 11) is 1.70. The average molecular weight is 304 g/mol. The fourth-order valence-electron chi connectivity index (χ4n) is 2.39. The lowest BCUT2D eigenvalue weighted by molar-refractivity contribution is 0.117. The van der Waals surface area contributed by atoms with Crippen LogP contribution in [0.1, 0.15) is 25.7 Å². The molecule has 1 aromatic carbocycles. The number of rotatable bonds is 7. The second-order valence-electron chi connectivity index (χ2n) is 6.47. The van der Waals surface area contributed by atoms with E-state index in [4.69, 9.17) is 4.74 Å². The van der Waals surface area contributed by atoms with Crippen LogP contribution in [0.5, 0.6) is 5.75 Å². The van der Waals surface area contributed by atoms with E-state index in [1.807, 2.05) is 24.3 Å². The summed E-state index contributed by atoms with van der Waals surface area (Å²) >= 11 is 0. The molecule has 0 spiro atoms. The zero-order valence-electron chi connectivity index (χ0n) is 13.0. The number of hydrogen-bond donors (Lipinski definition) is 2. The number of anilines is 1. The van der Waals surface area contributed by atoms with Gasteiger partial charge < -0.3 is 20.1 Å². The monoisotopic (exact) mass is 304 g/mol. The van der Waals surface area contributed by atoms with Crippen molar-refractivity contribution in [2.75, 3.05) is 25.5 Å². The van der Waals surface area contributed by atoms with Gasteiger partial charge in [-0.1, -0.05) is 12.1 Å². The summed E-state index contributed by atoms with van der Waals surface area (Å²) in [6.07, 6.45) is 4.17. The van der Waals surface area contributed by atoms with Crippen molar-refractivity contribution >= 4 is 11.7 Å². The Balaban J connectivity index is 1.55. The Morgan fingerprint density at radius 1 is 1.36 bits per heavy atom. The third kappa shape index (κ3) is 4.13. The first-order chi connectivity index (χ1) is 10.6. The first-order valence-electron chi connectivity index (χ1n) is 8.05. The molecule has 120 valence electrons. The van der Waals surface area contributed by atoms with Gasteiger partial charge >= 0.3 is 6.03 Å². The molecule has 0 bridgehead atoms. The van der Waals surface area contributed by atoms with E-state index in [9.17, 15) is 9.90 Å². The largest absolute Gasteiger partial charge is 0.491 e. The molecule has 2 amide bonds. The Morgan fingerprint density at radius 2 is 2.09 bits per heavy atom. The number of aliphatic hydroxyl groups excluding tert-OH is 1. The van der Waals surface area contributed by atoms with Gasteiger partial charge in [0.2, 0.25) is 0 Å². The summed E-state index contributed by atoms with van der Waals surface area (Å²) in [5.74, 6) is 1.74. The van der Waals surface area contributed by atoms with Crippen LogP contribution in [-0.4, -0.2) is 42.3 Å². The topological polar surface area (TPSA) is 61.8 Å². The Hall–Kier alpha value is -1.75. The second kappa shape index (κ2) is 6.57. The van der Waals surface area contributed by atoms with Gasteiger partial charge in [-0.3, -0.25) is 0 Å². The van der Waals surface area contributed by atoms with Gasteiger partial charge in [-0.15, -0.1) is 0 Å². The number of carbonyl (C=O) groups is 1. The Labute approximate surface area is 131 Å². The van der Waals surface area contributed by atoms with Crippen LogP contribution in [0.4, 0.5) is 10.5 Å². The molecule has 1 aromatic rings. The third-order valence-corrected chi connectivity index (χ3v) is 4.27. The van der Waals surface area contributed by atoms with Crippen LogP contribution in [0.25, 0.3) is 0 Å². The van der Waals surface area contributed by atoms with Crippen molar-refractivity contribution in [1.82, 2.24) is 4.90 Å². The summed E-state index contributed by atoms with van der Waals surface area (Å²) in [6, 6.07) is 7.27. The van der Waals surface area contributed by atoms with Crippen molar-refractivity contribution in [2.45, 2.75) is 31.8 Å². The van der Waals surface area contributed by atoms with Crippen molar-refractivity contribution in [3.05, 3.63) is 24.3 Å². The minimum Gasteiger partial charge on any atom is -0.491 e. The smallest absolute Gasteiger partial charge is 0.321 e. The highest BCUT2D eigenvalue weighted by Gasteiger charge is 2.31. The molecule has 2 N–H and O–H groups in total. The summed E-state index contributed by atoms with van der Waals surface area (Å²) in [5.41, 5.74) is 0.681. The van der Waals surface area contributed by atoms with E-state index in [0.717, 1.165) is 12.8 Å². The Kier molecular flexibility index (Phi) is 4.52. The maximum absolute atomic E-state index is 12.2. The van der Waals surface area contributed by atoms with Gasteiger partial charge in [-0.2, -0.15) is 0 Å². The van der Waals surface area contributed by atoms with E-state index in [1.54, 1.807) is 7.05 Å². The highest BCUT2D eigenvalue weighted by Crippen LogP contribution is 2.33. The van der Waals surface area contributed by atoms with E-state index in [2.05, 4.69) is 5.32 Å². The van der Waals surface area contributed by atoms with Gasteiger partial charge in [0.05, 0.1) is 18.4 Å². The molecule has 22 heavy (non-hydrogen) atoms. The van der Waals surface area contributed by atoms with Gasteiger partial charge in [0.1, 0.15) is 5.75 Å². The number of para-hydroxylation sites is 2. The normalized spacial score (nSPS) is 18.6. The molecule has 0 radical (unpaired) electrons. The zero-order valence-corrected chi connectivity index (χ0v) is 13.0. The standard InChI is InChI=1S/C17H24N2O3/c1-19(10-15(20)13-8-9-13)17(21)18-14-4-2-3-5-16(14)22-11-12-6-7-12/h2-5,12-13,15,20H,6-11H2,1H3,(H,18,21). The van der Waals surface area contributed by atoms with Crippen LogP contribution < -0.4 is 10.1 Å². The zero-order chi connectivity index (χ0) is 15.5. The SMILES string of the molecule is CN(CC(O)C1CC1)C(=O)Nc1ccccc1OCC1CC1. The second-order valence-corrected chi connectivity index (χ2v) is 6.47. The van der Waals surface area contributed by atoms with Crippen molar-refractivity contribution in [3.8, 4) is 5.75 Å². The average Bonchev–Trinajstić information content (AvgIpc) is 3.39. The molecule has 5 heteroatoms. The van der Waals surface area contributed by atoms with Crippen LogP contribution in [0.3, 0.4) is 0 Å². The first kappa shape index (κ1) is 15.2. The molecule has 0 heterocycles. The third-order valence-electron chi connectivity index (χ3n) is 4.27. The minimum absolute atomic E-state index is 0.220. The van der Waals surface area contributed by atoms with Crippen LogP contribution in [0.2, 0.25) is 0 Å². The van der Waals surface area contributed by atoms with Gasteiger partial charge in [0.25, 0.3) is 0 Å². The number of urea groups is 1. The number of aliphatic hydroxyl groups is 1. The molecule has 0 aromatic heterocycles. The maximum Gasteiger partial charge on any atom is 0.321 e. The molecule has 1 atom stereocenters. The number of nitrogens with zero attached hydrogens (tertiary/aromatic N) is 1. The number of hydrogen-bond acceptors (Lipinski definition) is 3. The van der Waals surface area contributed by atoms with Gasteiger partial charge in [-0.05, 0) is 49.7 Å². The lowest BCUT2D eigenvalue weighted by Gasteiger charge is -2.22. The highest BCUT2D eigenvalue weighted by molar-refractivity contribution is 5.90. The van der Waals surface area contributed by atoms with Crippen molar-refractivity contribution in [3.63, 3.8) is 0 Å². The van der Waals surface area contributed by atoms with E-state index in [1.165, 1.54) is 17.7 Å². The number of carbonyl (C=O) groups excluding carboxylic acids is 1. The molecule has 5 nitrogen and oxygen atoms in total. The first-order valence-corrected chi connectivity index (χ1v) is 8.05. The lowest BCUT2D eigenvalue weighted by atomic mass is 10.2. The number of nitrogens with one attached hydrogen (secondary N) is 1. The van der Waals surface area contributed by atoms with Gasteiger partial charge in [-0.25, -0.2) is 4.79 Å². The maximum atomic E-state index is 12.2. The van der Waals surface area contributed by atoms with Crippen molar-refractivity contribution in [2.24, 2.45) is 11.8 Å². The van der Waals surface area contributed by atoms with Crippen LogP contribution in [-0.2, 0) is 0 Å². The Morgan fingerprint density at radius 3 is 2.77 bits per heavy atom. The van der Waals surface area contributed by atoms with E-state index < -0.39 is 6.10 Å². The fourth-order valence-corrected chi connectivity index (χ4v) is 2.39. The molecule has 0 saturated heterocycles. The minimum atomic E-state index is -0.419. The number of amides is 2. The van der Waals surface area contributed by atoms with Crippen molar-refractivity contribution < 1.29 is 14.6 Å².